The molecule has 3 N–H and O–H groups in total. The Hall–Kier alpha value is -10.6. The van der Waals surface area contributed by atoms with Crippen molar-refractivity contribution in [2.24, 2.45) is 0 Å². The number of pyridine rings is 2. The normalized spacial score (nSPS) is 16.2. The fourth-order valence-electron chi connectivity index (χ4n) is 10.8. The van der Waals surface area contributed by atoms with Gasteiger partial charge in [0.25, 0.3) is 0 Å². The maximum atomic E-state index is 13.0. The zero-order valence-corrected chi connectivity index (χ0v) is 50.5. The molecule has 0 spiro atoms. The Labute approximate surface area is 522 Å². The first-order valence-electron chi connectivity index (χ1n) is 29.0. The topological polar surface area (TPSA) is 293 Å². The summed E-state index contributed by atoms with van der Waals surface area (Å²) in [6.07, 6.45) is 10.4. The van der Waals surface area contributed by atoms with Crippen molar-refractivity contribution >= 4 is 57.7 Å². The maximum absolute atomic E-state index is 13.0. The van der Waals surface area contributed by atoms with E-state index in [-0.39, 0.29) is 57.0 Å². The van der Waals surface area contributed by atoms with Crippen LogP contribution in [0.5, 0.6) is 0 Å². The van der Waals surface area contributed by atoms with E-state index in [1.54, 1.807) is 23.6 Å². The van der Waals surface area contributed by atoms with Gasteiger partial charge in [0.15, 0.2) is 0 Å². The van der Waals surface area contributed by atoms with E-state index in [2.05, 4.69) is 75.5 Å². The first-order valence-corrected chi connectivity index (χ1v) is 29.7. The van der Waals surface area contributed by atoms with Crippen molar-refractivity contribution in [3.63, 3.8) is 0 Å². The summed E-state index contributed by atoms with van der Waals surface area (Å²) in [5.74, 6) is 2.86. The van der Waals surface area contributed by atoms with Gasteiger partial charge < -0.3 is 48.5 Å². The number of hydrogen-bond acceptors (Lipinski definition) is 20. The molecule has 0 saturated carbocycles. The molecule has 2 saturated heterocycles. The number of fused-ring (bicyclic) bond motifs is 2. The van der Waals surface area contributed by atoms with Crippen LogP contribution in [0.3, 0.4) is 0 Å². The predicted octanol–water partition coefficient (Wildman–Crippen LogP) is 12.0. The molecule has 25 heteroatoms. The minimum Gasteiger partial charge on any atom is -0.445 e. The van der Waals surface area contributed by atoms with Crippen LogP contribution in [-0.4, -0.2) is 127 Å². The fraction of sp³-hybridized carbons (Fsp3) is 0.292. The van der Waals surface area contributed by atoms with Gasteiger partial charge in [0.1, 0.15) is 35.9 Å². The van der Waals surface area contributed by atoms with Crippen LogP contribution in [0.2, 0.25) is 0 Å². The van der Waals surface area contributed by atoms with Crippen molar-refractivity contribution in [2.45, 2.75) is 112 Å². The molecule has 8 aromatic heterocycles. The number of anilines is 2. The predicted molar refractivity (Wildman–Crippen MR) is 339 cm³/mol. The first kappa shape index (κ1) is 62.5. The number of carbonyl (C=O) groups is 2. The van der Waals surface area contributed by atoms with Crippen LogP contribution >= 0.6 is 0 Å². The molecule has 10 heterocycles. The number of hydrogen-bond donors (Lipinski definition) is 3. The number of likely N-dealkylation sites (tertiary alicyclic amines) is 2. The van der Waals surface area contributed by atoms with E-state index < -0.39 is 11.6 Å². The number of rotatable bonds is 13. The van der Waals surface area contributed by atoms with Gasteiger partial charge in [-0.2, -0.15) is 18.4 Å². The smallest absolute Gasteiger partial charge is 0.410 e. The summed E-state index contributed by atoms with van der Waals surface area (Å²) in [5.41, 5.74) is 10.9. The van der Waals surface area contributed by atoms with Gasteiger partial charge in [-0.1, -0.05) is 96.6 Å². The lowest BCUT2D eigenvalue weighted by Crippen LogP contribution is -2.50. The van der Waals surface area contributed by atoms with Crippen molar-refractivity contribution in [3.8, 4) is 51.2 Å². The monoisotopic (exact) mass is 1230 g/mol. The van der Waals surface area contributed by atoms with Crippen LogP contribution in [0.1, 0.15) is 81.0 Å². The summed E-state index contributed by atoms with van der Waals surface area (Å²) >= 11 is -0.750. The first-order chi connectivity index (χ1) is 43.3. The van der Waals surface area contributed by atoms with E-state index >= 15 is 0 Å². The molecule has 0 bridgehead atoms. The average Bonchev–Trinajstić information content (AvgIpc) is 1.64. The molecular weight excluding hydrogens is 1160 g/mol. The van der Waals surface area contributed by atoms with Crippen LogP contribution in [-0.2, 0) is 34.3 Å². The van der Waals surface area contributed by atoms with Crippen molar-refractivity contribution in [1.82, 2.24) is 69.5 Å². The molecule has 4 atom stereocenters. The number of aryl methyl sites for hydroxylation is 4. The number of benzene rings is 3. The molecule has 0 aliphatic carbocycles. The van der Waals surface area contributed by atoms with Crippen molar-refractivity contribution in [1.29, 1.82) is 0 Å². The third kappa shape index (κ3) is 14.5. The van der Waals surface area contributed by atoms with Gasteiger partial charge >= 0.3 is 23.8 Å². The number of piperidine rings is 2. The molecule has 2 fully saturated rings. The van der Waals surface area contributed by atoms with Gasteiger partial charge in [-0.3, -0.25) is 0 Å². The summed E-state index contributed by atoms with van der Waals surface area (Å²) in [6, 6.07) is 37.4. The Morgan fingerprint density at radius 1 is 0.589 bits per heavy atom. The molecule has 90 heavy (non-hydrogen) atoms. The molecule has 2 aliphatic rings. The second-order valence-corrected chi connectivity index (χ2v) is 22.0. The summed E-state index contributed by atoms with van der Waals surface area (Å²) in [6.45, 7) is 13.1. The zero-order valence-electron chi connectivity index (χ0n) is 49.7. The Balaban J connectivity index is 0.000000189. The van der Waals surface area contributed by atoms with Crippen LogP contribution in [0, 0.1) is 27.7 Å². The summed E-state index contributed by atoms with van der Waals surface area (Å²) in [7, 11) is 0. The highest BCUT2D eigenvalue weighted by Crippen LogP contribution is 2.36. The van der Waals surface area contributed by atoms with Gasteiger partial charge in [-0.15, -0.1) is 0 Å². The standard InChI is InChI=1S/C35H34N8O3.C29H30N8O3.CH4.O2S/c1-22-18-36-34(38-26-15-14-23(2)42(19-26)35(44)45-21-25-10-6-4-7-11-25)40-31(22)29-20-43(27-12-8-5-9-13-27)33-28(29)16-17-30(39-33)32-37-24(3)46-41-32;1-17-13-31-28(33-21-10-9-18(2)37(15-21)29(38)39-16-20-7-5-4-6-8-20)35-25(17)23-14-30-26-22(23)11-12-24(34-26)27-32-19(3)40-36-27;;1-3-2/h4-13,16-18,20,23,26H,14-15,19,21H2,1-3H3,(H,36,38,40);4-8,11-14,18,21H,9-10,15-16H2,1-3H3,(H,30,34)(H,31,33,35);1H4;/t23-,26-;18-,21-;;/m11../s1. The third-order valence-electron chi connectivity index (χ3n) is 15.5. The molecule has 3 aromatic carbocycles. The van der Waals surface area contributed by atoms with Gasteiger partial charge in [-0.25, -0.2) is 39.5 Å². The number of ether oxygens (including phenoxy) is 2. The van der Waals surface area contributed by atoms with Crippen molar-refractivity contribution in [2.75, 3.05) is 23.7 Å². The molecule has 462 valence electrons. The van der Waals surface area contributed by atoms with Crippen LogP contribution in [0.25, 0.3) is 73.3 Å². The van der Waals surface area contributed by atoms with Crippen molar-refractivity contribution < 1.29 is 36.5 Å². The van der Waals surface area contributed by atoms with Crippen LogP contribution in [0.4, 0.5) is 21.5 Å². The lowest BCUT2D eigenvalue weighted by molar-refractivity contribution is 0.0689. The summed E-state index contributed by atoms with van der Waals surface area (Å²) in [5, 5.41) is 16.8. The molecule has 13 rings (SSSR count). The molecule has 2 aliphatic heterocycles. The fourth-order valence-corrected chi connectivity index (χ4v) is 10.8. The number of carbonyl (C=O) groups excluding carboxylic acids is 2. The Morgan fingerprint density at radius 2 is 1.06 bits per heavy atom. The van der Waals surface area contributed by atoms with Gasteiger partial charge in [-0.05, 0) is 112 Å². The minimum absolute atomic E-state index is 0. The number of H-pyrrole nitrogens is 1. The number of nitrogens with zero attached hydrogens (tertiary/aromatic N) is 13. The third-order valence-corrected chi connectivity index (χ3v) is 15.5. The van der Waals surface area contributed by atoms with E-state index in [1.165, 1.54) is 0 Å². The maximum Gasteiger partial charge on any atom is 0.410 e. The second-order valence-electron chi connectivity index (χ2n) is 21.8. The van der Waals surface area contributed by atoms with E-state index in [0.29, 0.717) is 65.5 Å². The van der Waals surface area contributed by atoms with E-state index in [1.807, 2.05) is 148 Å². The Bertz CT molecular complexity index is 4290. The highest BCUT2D eigenvalue weighted by molar-refractivity contribution is 7.51. The lowest BCUT2D eigenvalue weighted by Gasteiger charge is -2.37. The van der Waals surface area contributed by atoms with Gasteiger partial charge in [0, 0.05) is 103 Å². The van der Waals surface area contributed by atoms with Gasteiger partial charge in [0.2, 0.25) is 35.3 Å². The number of nitrogens with one attached hydrogen (secondary N) is 3. The number of aromatic amines is 1. The van der Waals surface area contributed by atoms with E-state index in [4.69, 9.17) is 41.9 Å². The number of para-hydroxylation sites is 1. The highest BCUT2D eigenvalue weighted by Gasteiger charge is 2.33. The summed E-state index contributed by atoms with van der Waals surface area (Å²) < 4.78 is 40.2. The number of amides is 2. The summed E-state index contributed by atoms with van der Waals surface area (Å²) in [4.78, 5) is 70.0. The van der Waals surface area contributed by atoms with E-state index in [9.17, 15) is 9.59 Å². The van der Waals surface area contributed by atoms with Gasteiger partial charge in [0.05, 0.1) is 11.4 Å². The van der Waals surface area contributed by atoms with E-state index in [0.717, 1.165) is 92.6 Å². The number of aromatic nitrogens is 12. The largest absolute Gasteiger partial charge is 0.445 e. The SMILES string of the molecule is C.Cc1nc(-c2ccc3c(-c4nc(N[C@@H]5CC[C@@H](C)N(C(=O)OCc6ccccc6)C5)ncc4C)c[nH]c3n2)no1.Cc1nc(-c2ccc3c(-c4nc(N[C@@H]5CC[C@@H](C)N(C(=O)OCc6ccccc6)C5)ncc4C)cn(-c4ccccc4)c3n2)no1.O=S=O. The molecular formula is C65H68N16O8S. The highest BCUT2D eigenvalue weighted by atomic mass is 32.1. The zero-order chi connectivity index (χ0) is 62.0. The molecule has 2 amide bonds. The van der Waals surface area contributed by atoms with Crippen molar-refractivity contribution in [3.05, 3.63) is 174 Å². The van der Waals surface area contributed by atoms with Crippen LogP contribution < -0.4 is 10.6 Å². The second kappa shape index (κ2) is 28.5. The Morgan fingerprint density at radius 3 is 1.54 bits per heavy atom. The Kier molecular flexibility index (Phi) is 19.8. The molecule has 24 nitrogen and oxygen atoms in total. The average molecular weight is 1230 g/mol. The lowest BCUT2D eigenvalue weighted by atomic mass is 10.00. The quantitative estimate of drug-likeness (QED) is 0.0966. The van der Waals surface area contributed by atoms with Crippen LogP contribution in [0.15, 0.2) is 149 Å². The molecule has 0 unspecified atom stereocenters. The molecule has 11 aromatic rings. The molecule has 0 radical (unpaired) electrons. The minimum atomic E-state index is -0.750.